The van der Waals surface area contributed by atoms with Gasteiger partial charge in [-0.3, -0.25) is 0 Å². The predicted molar refractivity (Wildman–Crippen MR) is 74.0 cm³/mol. The number of hydrogen-bond donors (Lipinski definition) is 1. The lowest BCUT2D eigenvalue weighted by Gasteiger charge is -2.20. The summed E-state index contributed by atoms with van der Waals surface area (Å²) in [5.74, 6) is 0. The molecule has 0 spiro atoms. The van der Waals surface area contributed by atoms with Crippen LogP contribution in [-0.4, -0.2) is 37.6 Å². The normalized spacial score (nSPS) is 13.3. The van der Waals surface area contributed by atoms with Crippen LogP contribution in [0.4, 0.5) is 0 Å². The summed E-state index contributed by atoms with van der Waals surface area (Å²) in [6.07, 6.45) is 8.32. The minimum Gasteiger partial charge on any atom is -0.313 e. The third-order valence-electron chi connectivity index (χ3n) is 3.15. The summed E-state index contributed by atoms with van der Waals surface area (Å²) in [4.78, 5) is 2.36. The van der Waals surface area contributed by atoms with Crippen molar-refractivity contribution < 1.29 is 0 Å². The second-order valence-corrected chi connectivity index (χ2v) is 4.98. The number of rotatable bonds is 11. The van der Waals surface area contributed by atoms with Crippen molar-refractivity contribution in [1.29, 1.82) is 0 Å². The van der Waals surface area contributed by atoms with E-state index < -0.39 is 0 Å². The fraction of sp³-hybridized carbons (Fsp3) is 1.00. The smallest absolute Gasteiger partial charge is 0.0166 e. The Morgan fingerprint density at radius 1 is 1.00 bits per heavy atom. The van der Waals surface area contributed by atoms with Crippen molar-refractivity contribution in [2.45, 2.75) is 65.3 Å². The Morgan fingerprint density at radius 2 is 1.62 bits per heavy atom. The molecule has 0 fully saturated rings. The van der Waals surface area contributed by atoms with Crippen LogP contribution in [0.3, 0.4) is 0 Å². The highest BCUT2D eigenvalue weighted by Crippen LogP contribution is 2.04. The van der Waals surface area contributed by atoms with Crippen LogP contribution < -0.4 is 5.32 Å². The summed E-state index contributed by atoms with van der Waals surface area (Å²) >= 11 is 0. The molecule has 0 rings (SSSR count). The van der Waals surface area contributed by atoms with Crippen LogP contribution in [0.25, 0.3) is 0 Å². The van der Waals surface area contributed by atoms with E-state index in [1.807, 2.05) is 0 Å². The van der Waals surface area contributed by atoms with E-state index in [0.717, 1.165) is 13.1 Å². The summed E-state index contributed by atoms with van der Waals surface area (Å²) in [5, 5.41) is 3.60. The quantitative estimate of drug-likeness (QED) is 0.546. The van der Waals surface area contributed by atoms with Gasteiger partial charge in [-0.15, -0.1) is 0 Å². The van der Waals surface area contributed by atoms with Gasteiger partial charge in [0.05, 0.1) is 0 Å². The van der Waals surface area contributed by atoms with E-state index in [1.54, 1.807) is 0 Å². The minimum atomic E-state index is 0.626. The molecule has 0 aliphatic rings. The SMILES string of the molecule is CCCCCCCCNC(C)CN(C)CC. The largest absolute Gasteiger partial charge is 0.313 e. The highest BCUT2D eigenvalue weighted by molar-refractivity contribution is 4.64. The Morgan fingerprint density at radius 3 is 2.25 bits per heavy atom. The molecule has 0 aromatic heterocycles. The zero-order valence-corrected chi connectivity index (χ0v) is 11.9. The van der Waals surface area contributed by atoms with Gasteiger partial charge in [0.25, 0.3) is 0 Å². The maximum Gasteiger partial charge on any atom is 0.0166 e. The molecule has 0 saturated heterocycles. The standard InChI is InChI=1S/C14H32N2/c1-5-7-8-9-10-11-12-15-14(3)13-16(4)6-2/h14-15H,5-13H2,1-4H3. The molecule has 1 N–H and O–H groups in total. The number of nitrogens with zero attached hydrogens (tertiary/aromatic N) is 1. The summed E-state index contributed by atoms with van der Waals surface area (Å²) in [6.45, 7) is 10.2. The number of likely N-dealkylation sites (N-methyl/N-ethyl adjacent to an activating group) is 1. The number of hydrogen-bond acceptors (Lipinski definition) is 2. The number of unbranched alkanes of at least 4 members (excludes halogenated alkanes) is 5. The van der Waals surface area contributed by atoms with Crippen LogP contribution in [0, 0.1) is 0 Å². The molecule has 0 aliphatic heterocycles. The predicted octanol–water partition coefficient (Wildman–Crippen LogP) is 3.28. The van der Waals surface area contributed by atoms with Crippen LogP contribution in [0.2, 0.25) is 0 Å². The summed E-state index contributed by atoms with van der Waals surface area (Å²) in [7, 11) is 2.18. The Labute approximate surface area is 103 Å². The average Bonchev–Trinajstić information content (AvgIpc) is 2.27. The highest BCUT2D eigenvalue weighted by atomic mass is 15.1. The maximum absolute atomic E-state index is 3.60. The zero-order valence-electron chi connectivity index (χ0n) is 11.9. The van der Waals surface area contributed by atoms with Gasteiger partial charge in [-0.05, 0) is 33.5 Å². The molecule has 0 aromatic carbocycles. The molecule has 0 aliphatic carbocycles. The first-order valence-corrected chi connectivity index (χ1v) is 7.12. The van der Waals surface area contributed by atoms with Crippen LogP contribution in [0.1, 0.15) is 59.3 Å². The molecular weight excluding hydrogens is 196 g/mol. The molecule has 0 amide bonds. The van der Waals surface area contributed by atoms with Crippen molar-refractivity contribution in [1.82, 2.24) is 10.2 Å². The molecule has 0 heterocycles. The third kappa shape index (κ3) is 10.4. The van der Waals surface area contributed by atoms with Crippen LogP contribution in [0.15, 0.2) is 0 Å². The average molecular weight is 228 g/mol. The summed E-state index contributed by atoms with van der Waals surface area (Å²) in [6, 6.07) is 0.626. The van der Waals surface area contributed by atoms with Gasteiger partial charge >= 0.3 is 0 Å². The fourth-order valence-corrected chi connectivity index (χ4v) is 1.91. The first kappa shape index (κ1) is 15.9. The molecule has 2 nitrogen and oxygen atoms in total. The second-order valence-electron chi connectivity index (χ2n) is 4.98. The van der Waals surface area contributed by atoms with Gasteiger partial charge in [-0.25, -0.2) is 0 Å². The van der Waals surface area contributed by atoms with Crippen molar-refractivity contribution in [3.8, 4) is 0 Å². The topological polar surface area (TPSA) is 15.3 Å². The van der Waals surface area contributed by atoms with E-state index in [1.165, 1.54) is 45.1 Å². The van der Waals surface area contributed by atoms with Gasteiger partial charge in [-0.2, -0.15) is 0 Å². The maximum atomic E-state index is 3.60. The van der Waals surface area contributed by atoms with Gasteiger partial charge in [0, 0.05) is 12.6 Å². The Kier molecular flexibility index (Phi) is 11.3. The van der Waals surface area contributed by atoms with E-state index in [2.05, 4.69) is 38.0 Å². The lowest BCUT2D eigenvalue weighted by Crippen LogP contribution is -2.37. The molecular formula is C14H32N2. The fourth-order valence-electron chi connectivity index (χ4n) is 1.91. The molecule has 2 heteroatoms. The van der Waals surface area contributed by atoms with E-state index in [9.17, 15) is 0 Å². The second kappa shape index (κ2) is 11.4. The molecule has 0 saturated carbocycles. The summed E-state index contributed by atoms with van der Waals surface area (Å²) in [5.41, 5.74) is 0. The highest BCUT2D eigenvalue weighted by Gasteiger charge is 2.03. The lowest BCUT2D eigenvalue weighted by atomic mass is 10.1. The van der Waals surface area contributed by atoms with Gasteiger partial charge in [0.2, 0.25) is 0 Å². The zero-order chi connectivity index (χ0) is 12.2. The molecule has 1 atom stereocenters. The van der Waals surface area contributed by atoms with Gasteiger partial charge in [0.15, 0.2) is 0 Å². The Balaban J connectivity index is 3.18. The van der Waals surface area contributed by atoms with E-state index in [-0.39, 0.29) is 0 Å². The molecule has 0 radical (unpaired) electrons. The molecule has 98 valence electrons. The van der Waals surface area contributed by atoms with E-state index in [4.69, 9.17) is 0 Å². The third-order valence-corrected chi connectivity index (χ3v) is 3.15. The Bertz CT molecular complexity index is 137. The van der Waals surface area contributed by atoms with Crippen molar-refractivity contribution in [3.05, 3.63) is 0 Å². The van der Waals surface area contributed by atoms with Crippen LogP contribution >= 0.6 is 0 Å². The van der Waals surface area contributed by atoms with E-state index >= 15 is 0 Å². The Hall–Kier alpha value is -0.0800. The molecule has 0 bridgehead atoms. The molecule has 0 aromatic rings. The van der Waals surface area contributed by atoms with Gasteiger partial charge < -0.3 is 10.2 Å². The van der Waals surface area contributed by atoms with Crippen LogP contribution in [-0.2, 0) is 0 Å². The van der Waals surface area contributed by atoms with Crippen molar-refractivity contribution >= 4 is 0 Å². The van der Waals surface area contributed by atoms with Gasteiger partial charge in [-0.1, -0.05) is 46.0 Å². The molecule has 16 heavy (non-hydrogen) atoms. The minimum absolute atomic E-state index is 0.626. The van der Waals surface area contributed by atoms with Crippen molar-refractivity contribution in [3.63, 3.8) is 0 Å². The first-order chi connectivity index (χ1) is 7.70. The monoisotopic (exact) mass is 228 g/mol. The van der Waals surface area contributed by atoms with Crippen molar-refractivity contribution in [2.75, 3.05) is 26.7 Å². The van der Waals surface area contributed by atoms with Gasteiger partial charge in [0.1, 0.15) is 0 Å². The summed E-state index contributed by atoms with van der Waals surface area (Å²) < 4.78 is 0. The van der Waals surface area contributed by atoms with E-state index in [0.29, 0.717) is 6.04 Å². The molecule has 1 unspecified atom stereocenters. The van der Waals surface area contributed by atoms with Crippen molar-refractivity contribution in [2.24, 2.45) is 0 Å². The lowest BCUT2D eigenvalue weighted by molar-refractivity contribution is 0.309. The van der Waals surface area contributed by atoms with Crippen LogP contribution in [0.5, 0.6) is 0 Å². The number of nitrogens with one attached hydrogen (secondary N) is 1. The first-order valence-electron chi connectivity index (χ1n) is 7.12.